The third kappa shape index (κ3) is 3.84. The van der Waals surface area contributed by atoms with Crippen molar-refractivity contribution in [3.63, 3.8) is 0 Å². The summed E-state index contributed by atoms with van der Waals surface area (Å²) in [5.74, 6) is 0.105. The standard InChI is InChI=1S/C12H16ClFO3/c1-2-17-11-4-3-8(14)7-9(11)12(16)10(15)5-6-13/h3-4,7,10,12,15-16H,2,5-6H2,1H3. The zero-order chi connectivity index (χ0) is 12.8. The second-order valence-corrected chi connectivity index (χ2v) is 3.98. The molecule has 1 aromatic rings. The molecule has 0 amide bonds. The zero-order valence-electron chi connectivity index (χ0n) is 9.57. The quantitative estimate of drug-likeness (QED) is 0.773. The van der Waals surface area contributed by atoms with E-state index in [-0.39, 0.29) is 17.9 Å². The van der Waals surface area contributed by atoms with Crippen LogP contribution in [0.25, 0.3) is 0 Å². The summed E-state index contributed by atoms with van der Waals surface area (Å²) >= 11 is 5.48. The van der Waals surface area contributed by atoms with Crippen molar-refractivity contribution in [2.75, 3.05) is 12.5 Å². The molecule has 0 saturated heterocycles. The minimum absolute atomic E-state index is 0.220. The number of hydrogen-bond donors (Lipinski definition) is 2. The van der Waals surface area contributed by atoms with E-state index in [4.69, 9.17) is 16.3 Å². The van der Waals surface area contributed by atoms with Crippen molar-refractivity contribution in [1.29, 1.82) is 0 Å². The first kappa shape index (κ1) is 14.2. The van der Waals surface area contributed by atoms with Gasteiger partial charge in [-0.1, -0.05) is 0 Å². The molecule has 3 nitrogen and oxygen atoms in total. The fourth-order valence-electron chi connectivity index (χ4n) is 1.51. The molecule has 17 heavy (non-hydrogen) atoms. The Labute approximate surface area is 105 Å². The van der Waals surface area contributed by atoms with Crippen molar-refractivity contribution in [3.05, 3.63) is 29.6 Å². The monoisotopic (exact) mass is 262 g/mol. The second-order valence-electron chi connectivity index (χ2n) is 3.61. The van der Waals surface area contributed by atoms with E-state index in [2.05, 4.69) is 0 Å². The number of rotatable bonds is 6. The Morgan fingerprint density at radius 1 is 1.41 bits per heavy atom. The van der Waals surface area contributed by atoms with E-state index < -0.39 is 18.0 Å². The fourth-order valence-corrected chi connectivity index (χ4v) is 1.74. The van der Waals surface area contributed by atoms with Gasteiger partial charge in [-0.2, -0.15) is 0 Å². The number of alkyl halides is 1. The Morgan fingerprint density at radius 3 is 2.71 bits per heavy atom. The van der Waals surface area contributed by atoms with Gasteiger partial charge >= 0.3 is 0 Å². The molecule has 96 valence electrons. The Hall–Kier alpha value is -0.840. The van der Waals surface area contributed by atoms with Crippen LogP contribution in [0, 0.1) is 5.82 Å². The highest BCUT2D eigenvalue weighted by molar-refractivity contribution is 6.17. The molecule has 1 aromatic carbocycles. The molecule has 0 saturated carbocycles. The summed E-state index contributed by atoms with van der Waals surface area (Å²) in [6.45, 7) is 2.19. The molecule has 1 rings (SSSR count). The number of ether oxygens (including phenoxy) is 1. The van der Waals surface area contributed by atoms with Gasteiger partial charge in [-0.15, -0.1) is 11.6 Å². The van der Waals surface area contributed by atoms with E-state index >= 15 is 0 Å². The predicted octanol–water partition coefficient (Wildman–Crippen LogP) is 2.25. The lowest BCUT2D eigenvalue weighted by molar-refractivity contribution is 0.0152. The van der Waals surface area contributed by atoms with E-state index in [1.165, 1.54) is 12.1 Å². The van der Waals surface area contributed by atoms with Gasteiger partial charge in [0.2, 0.25) is 0 Å². The first-order valence-electron chi connectivity index (χ1n) is 5.44. The molecule has 5 heteroatoms. The molecular formula is C12H16ClFO3. The van der Waals surface area contributed by atoms with E-state index in [1.807, 2.05) is 0 Å². The van der Waals surface area contributed by atoms with Gasteiger partial charge in [0.05, 0.1) is 12.7 Å². The number of aliphatic hydroxyl groups excluding tert-OH is 2. The molecule has 0 radical (unpaired) electrons. The van der Waals surface area contributed by atoms with Crippen molar-refractivity contribution >= 4 is 11.6 Å². The van der Waals surface area contributed by atoms with Crippen LogP contribution in [0.4, 0.5) is 4.39 Å². The normalized spacial score (nSPS) is 14.4. The Balaban J connectivity index is 2.96. The Kier molecular flexibility index (Phi) is 5.68. The van der Waals surface area contributed by atoms with Gasteiger partial charge in [-0.05, 0) is 31.5 Å². The molecule has 2 unspecified atom stereocenters. The van der Waals surface area contributed by atoms with Crippen LogP contribution in [0.2, 0.25) is 0 Å². The summed E-state index contributed by atoms with van der Waals surface area (Å²) in [5, 5.41) is 19.5. The lowest BCUT2D eigenvalue weighted by atomic mass is 10.0. The maximum Gasteiger partial charge on any atom is 0.125 e. The third-order valence-electron chi connectivity index (χ3n) is 2.36. The highest BCUT2D eigenvalue weighted by atomic mass is 35.5. The smallest absolute Gasteiger partial charge is 0.125 e. The number of aliphatic hydroxyl groups is 2. The van der Waals surface area contributed by atoms with Crippen LogP contribution in [0.15, 0.2) is 18.2 Å². The van der Waals surface area contributed by atoms with Crippen LogP contribution >= 0.6 is 11.6 Å². The molecule has 0 aliphatic heterocycles. The van der Waals surface area contributed by atoms with E-state index in [1.54, 1.807) is 6.92 Å². The summed E-state index contributed by atoms with van der Waals surface area (Å²) in [4.78, 5) is 0. The summed E-state index contributed by atoms with van der Waals surface area (Å²) in [6, 6.07) is 3.84. The number of hydrogen-bond acceptors (Lipinski definition) is 3. The highest BCUT2D eigenvalue weighted by Gasteiger charge is 2.22. The Bertz CT molecular complexity index is 360. The van der Waals surface area contributed by atoms with Gasteiger partial charge in [0.15, 0.2) is 0 Å². The topological polar surface area (TPSA) is 49.7 Å². The first-order valence-corrected chi connectivity index (χ1v) is 5.98. The van der Waals surface area contributed by atoms with E-state index in [0.29, 0.717) is 12.4 Å². The van der Waals surface area contributed by atoms with Crippen molar-refractivity contribution < 1.29 is 19.3 Å². The molecule has 0 aromatic heterocycles. The average Bonchev–Trinajstić information content (AvgIpc) is 2.31. The molecule has 2 atom stereocenters. The van der Waals surface area contributed by atoms with Crippen molar-refractivity contribution in [2.24, 2.45) is 0 Å². The van der Waals surface area contributed by atoms with Crippen LogP contribution in [0.3, 0.4) is 0 Å². The second kappa shape index (κ2) is 6.79. The SMILES string of the molecule is CCOc1ccc(F)cc1C(O)C(O)CCCl. The van der Waals surface area contributed by atoms with Crippen molar-refractivity contribution in [2.45, 2.75) is 25.6 Å². The zero-order valence-corrected chi connectivity index (χ0v) is 10.3. The molecule has 0 bridgehead atoms. The van der Waals surface area contributed by atoms with E-state index in [9.17, 15) is 14.6 Å². The molecule has 0 fully saturated rings. The summed E-state index contributed by atoms with van der Waals surface area (Å²) in [6.07, 6.45) is -2.01. The van der Waals surface area contributed by atoms with Crippen LogP contribution in [0.5, 0.6) is 5.75 Å². The van der Waals surface area contributed by atoms with Crippen LogP contribution in [-0.2, 0) is 0 Å². The maximum absolute atomic E-state index is 13.1. The largest absolute Gasteiger partial charge is 0.493 e. The minimum atomic E-state index is -1.20. The van der Waals surface area contributed by atoms with Gasteiger partial charge in [0.25, 0.3) is 0 Å². The minimum Gasteiger partial charge on any atom is -0.493 e. The highest BCUT2D eigenvalue weighted by Crippen LogP contribution is 2.29. The molecule has 0 aliphatic carbocycles. The third-order valence-corrected chi connectivity index (χ3v) is 2.58. The summed E-state index contributed by atoms with van der Waals surface area (Å²) < 4.78 is 18.4. The van der Waals surface area contributed by atoms with Gasteiger partial charge in [0.1, 0.15) is 17.7 Å². The van der Waals surface area contributed by atoms with Crippen LogP contribution in [0.1, 0.15) is 25.0 Å². The van der Waals surface area contributed by atoms with Crippen molar-refractivity contribution in [1.82, 2.24) is 0 Å². The summed E-state index contributed by atoms with van der Waals surface area (Å²) in [5.41, 5.74) is 0.240. The number of halogens is 2. The van der Waals surface area contributed by atoms with Crippen LogP contribution < -0.4 is 4.74 Å². The van der Waals surface area contributed by atoms with E-state index in [0.717, 1.165) is 6.07 Å². The van der Waals surface area contributed by atoms with Gasteiger partial charge in [-0.3, -0.25) is 0 Å². The molecule has 0 heterocycles. The number of benzene rings is 1. The molecular weight excluding hydrogens is 247 g/mol. The lowest BCUT2D eigenvalue weighted by Gasteiger charge is -2.20. The molecule has 0 spiro atoms. The lowest BCUT2D eigenvalue weighted by Crippen LogP contribution is -2.19. The molecule has 0 aliphatic rings. The van der Waals surface area contributed by atoms with Gasteiger partial charge in [-0.25, -0.2) is 4.39 Å². The average molecular weight is 263 g/mol. The van der Waals surface area contributed by atoms with Gasteiger partial charge < -0.3 is 14.9 Å². The Morgan fingerprint density at radius 2 is 2.12 bits per heavy atom. The first-order chi connectivity index (χ1) is 8.10. The van der Waals surface area contributed by atoms with Crippen molar-refractivity contribution in [3.8, 4) is 5.75 Å². The molecule has 2 N–H and O–H groups in total. The summed E-state index contributed by atoms with van der Waals surface area (Å²) in [7, 11) is 0. The fraction of sp³-hybridized carbons (Fsp3) is 0.500. The van der Waals surface area contributed by atoms with Gasteiger partial charge in [0, 0.05) is 11.4 Å². The predicted molar refractivity (Wildman–Crippen MR) is 63.9 cm³/mol. The van der Waals surface area contributed by atoms with Crippen LogP contribution in [-0.4, -0.2) is 28.8 Å². The maximum atomic E-state index is 13.1.